The Kier molecular flexibility index (Phi) is 5.91. The molecule has 0 aliphatic heterocycles. The maximum atomic E-state index is 10.7. The second kappa shape index (κ2) is 8.14. The average molecular weight is 299 g/mol. The van der Waals surface area contributed by atoms with Crippen LogP contribution in [0.4, 0.5) is 5.82 Å². The molecule has 1 aromatic heterocycles. The maximum Gasteiger partial charge on any atom is 0.337 e. The van der Waals surface area contributed by atoms with Gasteiger partial charge in [-0.15, -0.1) is 0 Å². The number of hydrogen-bond donors (Lipinski definition) is 2. The lowest BCUT2D eigenvalue weighted by Crippen LogP contribution is -2.21. The lowest BCUT2D eigenvalue weighted by molar-refractivity contribution is 0.0696. The molecular weight excluding hydrogens is 278 g/mol. The number of benzene rings is 1. The molecule has 2 aromatic rings. The molecule has 0 saturated carbocycles. The molecule has 22 heavy (non-hydrogen) atoms. The van der Waals surface area contributed by atoms with Crippen LogP contribution in [0.5, 0.6) is 0 Å². The van der Waals surface area contributed by atoms with Crippen LogP contribution < -0.4 is 5.32 Å². The molecule has 2 rings (SSSR count). The fraction of sp³-hybridized carbons (Fsp3) is 0.294. The highest BCUT2D eigenvalue weighted by Gasteiger charge is 2.03. The van der Waals surface area contributed by atoms with Crippen molar-refractivity contribution in [3.63, 3.8) is 0 Å². The van der Waals surface area contributed by atoms with Crippen molar-refractivity contribution in [3.8, 4) is 0 Å². The first kappa shape index (κ1) is 16.0. The molecule has 0 unspecified atom stereocenters. The van der Waals surface area contributed by atoms with Crippen molar-refractivity contribution in [3.05, 3.63) is 59.8 Å². The minimum Gasteiger partial charge on any atom is -0.478 e. The van der Waals surface area contributed by atoms with Gasteiger partial charge in [0.25, 0.3) is 0 Å². The topological polar surface area (TPSA) is 65.5 Å². The minimum atomic E-state index is -0.957. The van der Waals surface area contributed by atoms with Crippen LogP contribution in [-0.2, 0) is 6.54 Å². The van der Waals surface area contributed by atoms with Crippen molar-refractivity contribution < 1.29 is 9.90 Å². The summed E-state index contributed by atoms with van der Waals surface area (Å²) in [7, 11) is 2.10. The number of hydrogen-bond acceptors (Lipinski definition) is 4. The molecular formula is C17H21N3O2. The van der Waals surface area contributed by atoms with Crippen LogP contribution in [0, 0.1) is 0 Å². The van der Waals surface area contributed by atoms with Gasteiger partial charge in [-0.1, -0.05) is 30.3 Å². The minimum absolute atomic E-state index is 0.202. The molecule has 5 heteroatoms. The van der Waals surface area contributed by atoms with E-state index >= 15 is 0 Å². The highest BCUT2D eigenvalue weighted by molar-refractivity contribution is 5.87. The van der Waals surface area contributed by atoms with Gasteiger partial charge in [0.2, 0.25) is 0 Å². The van der Waals surface area contributed by atoms with Crippen molar-refractivity contribution in [2.75, 3.05) is 25.5 Å². The summed E-state index contributed by atoms with van der Waals surface area (Å²) in [5.41, 5.74) is 1.51. The SMILES string of the molecule is CN(CCCNc1ccc(C(=O)O)cn1)Cc1ccccc1. The Bertz CT molecular complexity index is 585. The predicted octanol–water partition coefficient (Wildman–Crippen LogP) is 2.71. The molecule has 0 bridgehead atoms. The molecule has 0 aliphatic rings. The Morgan fingerprint density at radius 2 is 2.00 bits per heavy atom. The summed E-state index contributed by atoms with van der Waals surface area (Å²) in [5, 5.41) is 12.0. The van der Waals surface area contributed by atoms with Gasteiger partial charge in [-0.3, -0.25) is 0 Å². The Morgan fingerprint density at radius 1 is 1.23 bits per heavy atom. The van der Waals surface area contributed by atoms with E-state index in [-0.39, 0.29) is 5.56 Å². The molecule has 0 fully saturated rings. The number of carboxylic acids is 1. The van der Waals surface area contributed by atoms with Crippen LogP contribution >= 0.6 is 0 Å². The number of anilines is 1. The molecule has 116 valence electrons. The van der Waals surface area contributed by atoms with E-state index < -0.39 is 5.97 Å². The van der Waals surface area contributed by atoms with Crippen LogP contribution in [0.1, 0.15) is 22.3 Å². The van der Waals surface area contributed by atoms with Gasteiger partial charge < -0.3 is 15.3 Å². The van der Waals surface area contributed by atoms with E-state index in [9.17, 15) is 4.79 Å². The normalized spacial score (nSPS) is 10.6. The lowest BCUT2D eigenvalue weighted by atomic mass is 10.2. The average Bonchev–Trinajstić information content (AvgIpc) is 2.53. The highest BCUT2D eigenvalue weighted by atomic mass is 16.4. The number of aromatic nitrogens is 1. The zero-order valence-corrected chi connectivity index (χ0v) is 12.7. The van der Waals surface area contributed by atoms with Crippen LogP contribution in [0.3, 0.4) is 0 Å². The Balaban J connectivity index is 1.67. The summed E-state index contributed by atoms with van der Waals surface area (Å²) >= 11 is 0. The zero-order valence-electron chi connectivity index (χ0n) is 12.7. The summed E-state index contributed by atoms with van der Waals surface area (Å²) in [6.07, 6.45) is 2.36. The second-order valence-corrected chi connectivity index (χ2v) is 5.24. The largest absolute Gasteiger partial charge is 0.478 e. The van der Waals surface area contributed by atoms with Crippen molar-refractivity contribution in [2.24, 2.45) is 0 Å². The summed E-state index contributed by atoms with van der Waals surface area (Å²) in [5.74, 6) is -0.253. The second-order valence-electron chi connectivity index (χ2n) is 5.24. The summed E-state index contributed by atoms with van der Waals surface area (Å²) in [6, 6.07) is 13.6. The molecule has 0 amide bonds. The standard InChI is InChI=1S/C17H21N3O2/c1-20(13-14-6-3-2-4-7-14)11-5-10-18-16-9-8-15(12-19-16)17(21)22/h2-4,6-9,12H,5,10-11,13H2,1H3,(H,18,19)(H,21,22). The highest BCUT2D eigenvalue weighted by Crippen LogP contribution is 2.06. The number of carboxylic acid groups (broad SMARTS) is 1. The Morgan fingerprint density at radius 3 is 2.64 bits per heavy atom. The van der Waals surface area contributed by atoms with E-state index in [2.05, 4.69) is 46.5 Å². The van der Waals surface area contributed by atoms with Gasteiger partial charge in [0.1, 0.15) is 5.82 Å². The van der Waals surface area contributed by atoms with Gasteiger partial charge in [0.15, 0.2) is 0 Å². The predicted molar refractivity (Wildman–Crippen MR) is 87.1 cm³/mol. The van der Waals surface area contributed by atoms with E-state index in [0.29, 0.717) is 5.82 Å². The number of nitrogens with one attached hydrogen (secondary N) is 1. The van der Waals surface area contributed by atoms with Gasteiger partial charge >= 0.3 is 5.97 Å². The Labute approximate surface area is 130 Å². The third kappa shape index (κ3) is 5.18. The first-order valence-electron chi connectivity index (χ1n) is 7.31. The molecule has 1 heterocycles. The summed E-state index contributed by atoms with van der Waals surface area (Å²) in [4.78, 5) is 17.1. The van der Waals surface area contributed by atoms with Crippen LogP contribution in [0.15, 0.2) is 48.7 Å². The smallest absolute Gasteiger partial charge is 0.337 e. The molecule has 0 saturated heterocycles. The van der Waals surface area contributed by atoms with E-state index in [0.717, 1.165) is 26.1 Å². The van der Waals surface area contributed by atoms with Gasteiger partial charge in [0.05, 0.1) is 5.56 Å². The van der Waals surface area contributed by atoms with Crippen LogP contribution in [-0.4, -0.2) is 41.1 Å². The van der Waals surface area contributed by atoms with Crippen LogP contribution in [0.2, 0.25) is 0 Å². The number of carbonyl (C=O) groups is 1. The lowest BCUT2D eigenvalue weighted by Gasteiger charge is -2.16. The van der Waals surface area contributed by atoms with Crippen LogP contribution in [0.25, 0.3) is 0 Å². The fourth-order valence-electron chi connectivity index (χ4n) is 2.16. The summed E-state index contributed by atoms with van der Waals surface area (Å²) < 4.78 is 0. The summed E-state index contributed by atoms with van der Waals surface area (Å²) in [6.45, 7) is 2.72. The van der Waals surface area contributed by atoms with Crippen molar-refractivity contribution in [1.29, 1.82) is 0 Å². The van der Waals surface area contributed by atoms with Crippen molar-refractivity contribution >= 4 is 11.8 Å². The molecule has 0 atom stereocenters. The van der Waals surface area contributed by atoms with Gasteiger partial charge in [-0.25, -0.2) is 9.78 Å². The number of nitrogens with zero attached hydrogens (tertiary/aromatic N) is 2. The van der Waals surface area contributed by atoms with Gasteiger partial charge in [0, 0.05) is 19.3 Å². The molecule has 0 aliphatic carbocycles. The van der Waals surface area contributed by atoms with Crippen molar-refractivity contribution in [1.82, 2.24) is 9.88 Å². The number of aromatic carboxylic acids is 1. The zero-order chi connectivity index (χ0) is 15.8. The van der Waals surface area contributed by atoms with E-state index in [1.165, 1.54) is 11.8 Å². The monoisotopic (exact) mass is 299 g/mol. The number of rotatable bonds is 8. The third-order valence-electron chi connectivity index (χ3n) is 3.33. The fourth-order valence-corrected chi connectivity index (χ4v) is 2.16. The third-order valence-corrected chi connectivity index (χ3v) is 3.33. The first-order valence-corrected chi connectivity index (χ1v) is 7.31. The van der Waals surface area contributed by atoms with E-state index in [4.69, 9.17) is 5.11 Å². The molecule has 1 aromatic carbocycles. The molecule has 0 spiro atoms. The molecule has 5 nitrogen and oxygen atoms in total. The van der Waals surface area contributed by atoms with Gasteiger partial charge in [-0.2, -0.15) is 0 Å². The van der Waals surface area contributed by atoms with E-state index in [1.807, 2.05) is 6.07 Å². The maximum absolute atomic E-state index is 10.7. The number of pyridine rings is 1. The van der Waals surface area contributed by atoms with Crippen molar-refractivity contribution in [2.45, 2.75) is 13.0 Å². The van der Waals surface area contributed by atoms with Gasteiger partial charge in [-0.05, 0) is 37.7 Å². The Hall–Kier alpha value is -2.40. The first-order chi connectivity index (χ1) is 10.6. The molecule has 0 radical (unpaired) electrons. The van der Waals surface area contributed by atoms with E-state index in [1.54, 1.807) is 12.1 Å². The molecule has 2 N–H and O–H groups in total. The quantitative estimate of drug-likeness (QED) is 0.734.